The highest BCUT2D eigenvalue weighted by molar-refractivity contribution is 5.54. The third-order valence-corrected chi connectivity index (χ3v) is 3.22. The number of aromatic nitrogens is 2. The van der Waals surface area contributed by atoms with E-state index < -0.39 is 0 Å². The molecule has 1 saturated carbocycles. The number of rotatable bonds is 4. The first-order chi connectivity index (χ1) is 7.56. The first kappa shape index (κ1) is 11.1. The molecule has 5 nitrogen and oxygen atoms in total. The second-order valence-electron chi connectivity index (χ2n) is 4.64. The molecule has 2 rings (SSSR count). The average molecular weight is 222 g/mol. The molecule has 0 amide bonds. The summed E-state index contributed by atoms with van der Waals surface area (Å²) in [4.78, 5) is 8.41. The Kier molecular flexibility index (Phi) is 2.71. The van der Waals surface area contributed by atoms with Crippen LogP contribution in [-0.2, 0) is 0 Å². The molecule has 0 radical (unpaired) electrons. The van der Waals surface area contributed by atoms with Crippen molar-refractivity contribution < 1.29 is 5.11 Å². The van der Waals surface area contributed by atoms with Gasteiger partial charge in [-0.15, -0.1) is 0 Å². The number of nitrogens with two attached hydrogens (primary N) is 1. The number of aliphatic hydroxyl groups excluding tert-OH is 1. The zero-order chi connectivity index (χ0) is 11.8. The summed E-state index contributed by atoms with van der Waals surface area (Å²) in [6.45, 7) is 4.70. The molecule has 0 atom stereocenters. The fourth-order valence-corrected chi connectivity index (χ4v) is 1.66. The van der Waals surface area contributed by atoms with Crippen molar-refractivity contribution >= 4 is 11.6 Å². The number of anilines is 2. The van der Waals surface area contributed by atoms with Crippen molar-refractivity contribution in [3.05, 3.63) is 11.4 Å². The van der Waals surface area contributed by atoms with Crippen LogP contribution in [0.25, 0.3) is 0 Å². The number of aryl methyl sites for hydroxylation is 1. The zero-order valence-corrected chi connectivity index (χ0v) is 9.75. The molecule has 1 aromatic heterocycles. The highest BCUT2D eigenvalue weighted by atomic mass is 16.3. The molecule has 1 aliphatic rings. The molecular weight excluding hydrogens is 204 g/mol. The maximum Gasteiger partial charge on any atom is 0.134 e. The SMILES string of the molecule is Cc1nc(N)c(C)c(NCC2(CO)CC2)n1. The smallest absolute Gasteiger partial charge is 0.134 e. The molecule has 0 saturated heterocycles. The molecule has 0 aliphatic heterocycles. The summed E-state index contributed by atoms with van der Waals surface area (Å²) in [5.41, 5.74) is 6.71. The van der Waals surface area contributed by atoms with Gasteiger partial charge in [0.05, 0.1) is 6.61 Å². The molecule has 1 aliphatic carbocycles. The maximum atomic E-state index is 9.22. The number of hydrogen-bond donors (Lipinski definition) is 3. The normalized spacial score (nSPS) is 17.2. The van der Waals surface area contributed by atoms with Crippen LogP contribution in [0.2, 0.25) is 0 Å². The summed E-state index contributed by atoms with van der Waals surface area (Å²) in [5, 5.41) is 12.5. The van der Waals surface area contributed by atoms with Crippen LogP contribution in [0, 0.1) is 19.3 Å². The fraction of sp³-hybridized carbons (Fsp3) is 0.636. The van der Waals surface area contributed by atoms with Gasteiger partial charge in [-0.25, -0.2) is 9.97 Å². The lowest BCUT2D eigenvalue weighted by Crippen LogP contribution is -2.20. The molecule has 1 heterocycles. The first-order valence-electron chi connectivity index (χ1n) is 5.52. The third kappa shape index (κ3) is 2.09. The summed E-state index contributed by atoms with van der Waals surface area (Å²) in [6, 6.07) is 0. The van der Waals surface area contributed by atoms with E-state index in [1.807, 2.05) is 13.8 Å². The van der Waals surface area contributed by atoms with Crippen LogP contribution in [0.3, 0.4) is 0 Å². The van der Waals surface area contributed by atoms with Gasteiger partial charge in [0.25, 0.3) is 0 Å². The van der Waals surface area contributed by atoms with Gasteiger partial charge in [0.15, 0.2) is 0 Å². The lowest BCUT2D eigenvalue weighted by Gasteiger charge is -2.15. The van der Waals surface area contributed by atoms with Gasteiger partial charge in [-0.3, -0.25) is 0 Å². The summed E-state index contributed by atoms with van der Waals surface area (Å²) >= 11 is 0. The fourth-order valence-electron chi connectivity index (χ4n) is 1.66. The number of nitrogens with one attached hydrogen (secondary N) is 1. The number of hydrogen-bond acceptors (Lipinski definition) is 5. The first-order valence-corrected chi connectivity index (χ1v) is 5.52. The van der Waals surface area contributed by atoms with Crippen molar-refractivity contribution in [3.63, 3.8) is 0 Å². The Balaban J connectivity index is 2.09. The standard InChI is InChI=1S/C11H18N4O/c1-7-9(12)14-8(2)15-10(7)13-5-11(6-16)3-4-11/h16H,3-6H2,1-2H3,(H3,12,13,14,15). The molecule has 16 heavy (non-hydrogen) atoms. The van der Waals surface area contributed by atoms with Crippen molar-refractivity contribution in [3.8, 4) is 0 Å². The quantitative estimate of drug-likeness (QED) is 0.703. The topological polar surface area (TPSA) is 84.1 Å². The predicted molar refractivity (Wildman–Crippen MR) is 63.2 cm³/mol. The average Bonchev–Trinajstić information content (AvgIpc) is 3.02. The molecule has 4 N–H and O–H groups in total. The van der Waals surface area contributed by atoms with Gasteiger partial charge in [-0.05, 0) is 26.7 Å². The minimum atomic E-state index is 0.0695. The van der Waals surface area contributed by atoms with E-state index >= 15 is 0 Å². The summed E-state index contributed by atoms with van der Waals surface area (Å²) in [6.07, 6.45) is 2.16. The monoisotopic (exact) mass is 222 g/mol. The molecule has 0 spiro atoms. The Morgan fingerprint density at radius 1 is 1.38 bits per heavy atom. The van der Waals surface area contributed by atoms with E-state index in [4.69, 9.17) is 5.73 Å². The number of nitrogen functional groups attached to an aromatic ring is 1. The van der Waals surface area contributed by atoms with Crippen LogP contribution < -0.4 is 11.1 Å². The van der Waals surface area contributed by atoms with Gasteiger partial charge in [-0.2, -0.15) is 0 Å². The van der Waals surface area contributed by atoms with Crippen molar-refractivity contribution in [2.45, 2.75) is 26.7 Å². The molecule has 1 fully saturated rings. The van der Waals surface area contributed by atoms with Crippen LogP contribution in [0.15, 0.2) is 0 Å². The van der Waals surface area contributed by atoms with E-state index in [0.29, 0.717) is 11.6 Å². The summed E-state index contributed by atoms with van der Waals surface area (Å²) in [5.74, 6) is 1.97. The molecule has 0 bridgehead atoms. The van der Waals surface area contributed by atoms with Gasteiger partial charge in [0.1, 0.15) is 17.5 Å². The van der Waals surface area contributed by atoms with E-state index in [1.165, 1.54) is 0 Å². The van der Waals surface area contributed by atoms with Crippen LogP contribution in [0.4, 0.5) is 11.6 Å². The Morgan fingerprint density at radius 3 is 2.62 bits per heavy atom. The lowest BCUT2D eigenvalue weighted by atomic mass is 10.1. The van der Waals surface area contributed by atoms with E-state index in [0.717, 1.165) is 30.8 Å². The van der Waals surface area contributed by atoms with Crippen LogP contribution >= 0.6 is 0 Å². The van der Waals surface area contributed by atoms with E-state index in [-0.39, 0.29) is 12.0 Å². The number of aliphatic hydroxyl groups is 1. The van der Waals surface area contributed by atoms with Crippen LogP contribution in [0.1, 0.15) is 24.2 Å². The van der Waals surface area contributed by atoms with E-state index in [1.54, 1.807) is 0 Å². The second kappa shape index (κ2) is 3.90. The van der Waals surface area contributed by atoms with Crippen LogP contribution in [0.5, 0.6) is 0 Å². The van der Waals surface area contributed by atoms with Gasteiger partial charge >= 0.3 is 0 Å². The largest absolute Gasteiger partial charge is 0.396 e. The molecular formula is C11H18N4O. The van der Waals surface area contributed by atoms with E-state index in [9.17, 15) is 5.11 Å². The maximum absolute atomic E-state index is 9.22. The van der Waals surface area contributed by atoms with Gasteiger partial charge in [-0.1, -0.05) is 0 Å². The van der Waals surface area contributed by atoms with Crippen molar-refractivity contribution in [2.75, 3.05) is 24.2 Å². The van der Waals surface area contributed by atoms with Gasteiger partial charge in [0.2, 0.25) is 0 Å². The summed E-state index contributed by atoms with van der Waals surface area (Å²) < 4.78 is 0. The Labute approximate surface area is 95.1 Å². The van der Waals surface area contributed by atoms with Crippen LogP contribution in [-0.4, -0.2) is 28.2 Å². The third-order valence-electron chi connectivity index (χ3n) is 3.22. The minimum absolute atomic E-state index is 0.0695. The molecule has 5 heteroatoms. The zero-order valence-electron chi connectivity index (χ0n) is 9.75. The predicted octanol–water partition coefficient (Wildman–Crippen LogP) is 0.860. The van der Waals surface area contributed by atoms with Crippen molar-refractivity contribution in [1.82, 2.24) is 9.97 Å². The molecule has 0 unspecified atom stereocenters. The second-order valence-corrected chi connectivity index (χ2v) is 4.64. The molecule has 1 aromatic rings. The summed E-state index contributed by atoms with van der Waals surface area (Å²) in [7, 11) is 0. The Morgan fingerprint density at radius 2 is 2.06 bits per heavy atom. The highest BCUT2D eigenvalue weighted by Gasteiger charge is 2.41. The molecule has 0 aromatic carbocycles. The van der Waals surface area contributed by atoms with Crippen molar-refractivity contribution in [2.24, 2.45) is 5.41 Å². The highest BCUT2D eigenvalue weighted by Crippen LogP contribution is 2.44. The molecule has 88 valence electrons. The Bertz CT molecular complexity index is 401. The van der Waals surface area contributed by atoms with Crippen molar-refractivity contribution in [1.29, 1.82) is 0 Å². The Hall–Kier alpha value is -1.36. The lowest BCUT2D eigenvalue weighted by molar-refractivity contribution is 0.219. The number of nitrogens with zero attached hydrogens (tertiary/aromatic N) is 2. The van der Waals surface area contributed by atoms with Gasteiger partial charge < -0.3 is 16.2 Å². The van der Waals surface area contributed by atoms with E-state index in [2.05, 4.69) is 15.3 Å². The van der Waals surface area contributed by atoms with Gasteiger partial charge in [0, 0.05) is 17.5 Å². The minimum Gasteiger partial charge on any atom is -0.396 e.